The summed E-state index contributed by atoms with van der Waals surface area (Å²) in [6.45, 7) is 10.8. The van der Waals surface area contributed by atoms with Gasteiger partial charge in [0.25, 0.3) is 0 Å². The standard InChI is InChI=1S/C13H22N2O/c1-3-5-14-6-4-7-15(9-8-14)13(16)12-10-11(12)2/h3,11-12H,1,4-10H2,2H3. The number of carbonyl (C=O) groups is 1. The predicted octanol–water partition coefficient (Wildman–Crippen LogP) is 1.36. The van der Waals surface area contributed by atoms with Crippen LogP contribution in [-0.2, 0) is 4.79 Å². The lowest BCUT2D eigenvalue weighted by Crippen LogP contribution is -2.36. The van der Waals surface area contributed by atoms with E-state index >= 15 is 0 Å². The van der Waals surface area contributed by atoms with E-state index in [2.05, 4.69) is 23.3 Å². The summed E-state index contributed by atoms with van der Waals surface area (Å²) in [6.07, 6.45) is 4.15. The molecule has 2 fully saturated rings. The summed E-state index contributed by atoms with van der Waals surface area (Å²) in [5, 5.41) is 0. The SMILES string of the molecule is C=CCN1CCCN(C(=O)C2CC2C)CC1. The van der Waals surface area contributed by atoms with Crippen LogP contribution in [0.15, 0.2) is 12.7 Å². The number of rotatable bonds is 3. The van der Waals surface area contributed by atoms with Gasteiger partial charge in [0.15, 0.2) is 0 Å². The zero-order valence-corrected chi connectivity index (χ0v) is 10.2. The average Bonchev–Trinajstić information content (AvgIpc) is 3.01. The monoisotopic (exact) mass is 222 g/mol. The Morgan fingerprint density at radius 1 is 1.38 bits per heavy atom. The number of hydrogen-bond donors (Lipinski definition) is 0. The highest BCUT2D eigenvalue weighted by Crippen LogP contribution is 2.39. The van der Waals surface area contributed by atoms with Crippen molar-refractivity contribution in [2.75, 3.05) is 32.7 Å². The Hall–Kier alpha value is -0.830. The smallest absolute Gasteiger partial charge is 0.226 e. The highest BCUT2D eigenvalue weighted by molar-refractivity contribution is 5.81. The van der Waals surface area contributed by atoms with Gasteiger partial charge in [-0.25, -0.2) is 0 Å². The van der Waals surface area contributed by atoms with E-state index in [1.807, 2.05) is 6.08 Å². The van der Waals surface area contributed by atoms with Gasteiger partial charge < -0.3 is 4.90 Å². The van der Waals surface area contributed by atoms with Crippen molar-refractivity contribution in [1.82, 2.24) is 9.80 Å². The summed E-state index contributed by atoms with van der Waals surface area (Å²) in [6, 6.07) is 0. The van der Waals surface area contributed by atoms with Crippen molar-refractivity contribution in [3.63, 3.8) is 0 Å². The van der Waals surface area contributed by atoms with Gasteiger partial charge in [-0.3, -0.25) is 9.69 Å². The van der Waals surface area contributed by atoms with Gasteiger partial charge in [-0.2, -0.15) is 0 Å². The Morgan fingerprint density at radius 2 is 2.12 bits per heavy atom. The van der Waals surface area contributed by atoms with E-state index in [4.69, 9.17) is 0 Å². The zero-order chi connectivity index (χ0) is 11.5. The lowest BCUT2D eigenvalue weighted by molar-refractivity contribution is -0.132. The van der Waals surface area contributed by atoms with Crippen LogP contribution in [0.25, 0.3) is 0 Å². The molecule has 1 heterocycles. The third kappa shape index (κ3) is 2.64. The van der Waals surface area contributed by atoms with Crippen molar-refractivity contribution in [2.45, 2.75) is 19.8 Å². The van der Waals surface area contributed by atoms with E-state index < -0.39 is 0 Å². The molecule has 90 valence electrons. The van der Waals surface area contributed by atoms with E-state index in [0.29, 0.717) is 17.7 Å². The van der Waals surface area contributed by atoms with Crippen LogP contribution in [0.2, 0.25) is 0 Å². The fraction of sp³-hybridized carbons (Fsp3) is 0.769. The van der Waals surface area contributed by atoms with Crippen LogP contribution < -0.4 is 0 Å². The third-order valence-electron chi connectivity index (χ3n) is 3.71. The summed E-state index contributed by atoms with van der Waals surface area (Å²) < 4.78 is 0. The van der Waals surface area contributed by atoms with Crippen molar-refractivity contribution >= 4 is 5.91 Å². The normalized spacial score (nSPS) is 30.9. The Bertz CT molecular complexity index is 277. The number of hydrogen-bond acceptors (Lipinski definition) is 2. The molecule has 0 radical (unpaired) electrons. The molecule has 1 saturated heterocycles. The third-order valence-corrected chi connectivity index (χ3v) is 3.71. The fourth-order valence-corrected chi connectivity index (χ4v) is 2.46. The maximum atomic E-state index is 12.1. The number of amides is 1. The van der Waals surface area contributed by atoms with Gasteiger partial charge in [0, 0.05) is 38.6 Å². The molecular weight excluding hydrogens is 200 g/mol. The van der Waals surface area contributed by atoms with Crippen LogP contribution in [0.5, 0.6) is 0 Å². The highest BCUT2D eigenvalue weighted by atomic mass is 16.2. The molecule has 2 unspecified atom stereocenters. The minimum Gasteiger partial charge on any atom is -0.341 e. The van der Waals surface area contributed by atoms with E-state index in [1.165, 1.54) is 0 Å². The molecule has 0 spiro atoms. The molecule has 2 aliphatic rings. The first-order valence-corrected chi connectivity index (χ1v) is 6.34. The first-order valence-electron chi connectivity index (χ1n) is 6.34. The van der Waals surface area contributed by atoms with Crippen molar-refractivity contribution in [3.05, 3.63) is 12.7 Å². The summed E-state index contributed by atoms with van der Waals surface area (Å²) >= 11 is 0. The van der Waals surface area contributed by atoms with Crippen LogP contribution in [0, 0.1) is 11.8 Å². The minimum absolute atomic E-state index is 0.339. The maximum absolute atomic E-state index is 12.1. The second-order valence-corrected chi connectivity index (χ2v) is 5.09. The Kier molecular flexibility index (Phi) is 3.64. The topological polar surface area (TPSA) is 23.6 Å². The van der Waals surface area contributed by atoms with Gasteiger partial charge in [0.1, 0.15) is 0 Å². The molecule has 3 heteroatoms. The van der Waals surface area contributed by atoms with Gasteiger partial charge in [0.2, 0.25) is 5.91 Å². The van der Waals surface area contributed by atoms with Crippen LogP contribution in [0.4, 0.5) is 0 Å². The van der Waals surface area contributed by atoms with Crippen LogP contribution >= 0.6 is 0 Å². The predicted molar refractivity (Wildman–Crippen MR) is 65.1 cm³/mol. The Balaban J connectivity index is 1.83. The van der Waals surface area contributed by atoms with E-state index in [-0.39, 0.29) is 0 Å². The Labute approximate surface area is 98.1 Å². The highest BCUT2D eigenvalue weighted by Gasteiger charge is 2.41. The van der Waals surface area contributed by atoms with Gasteiger partial charge in [-0.05, 0) is 18.8 Å². The first-order chi connectivity index (χ1) is 7.72. The quantitative estimate of drug-likeness (QED) is 0.673. The molecular formula is C13H22N2O. The molecule has 0 aromatic heterocycles. The van der Waals surface area contributed by atoms with E-state index in [0.717, 1.165) is 45.6 Å². The second-order valence-electron chi connectivity index (χ2n) is 5.09. The molecule has 0 aromatic carbocycles. The second kappa shape index (κ2) is 5.00. The minimum atomic E-state index is 0.339. The molecule has 1 amide bonds. The molecule has 2 atom stereocenters. The zero-order valence-electron chi connectivity index (χ0n) is 10.2. The van der Waals surface area contributed by atoms with E-state index in [1.54, 1.807) is 0 Å². The molecule has 16 heavy (non-hydrogen) atoms. The molecule has 0 bridgehead atoms. The molecule has 0 N–H and O–H groups in total. The molecule has 3 nitrogen and oxygen atoms in total. The number of carbonyl (C=O) groups excluding carboxylic acids is 1. The summed E-state index contributed by atoms with van der Waals surface area (Å²) in [7, 11) is 0. The molecule has 1 saturated carbocycles. The van der Waals surface area contributed by atoms with Crippen molar-refractivity contribution in [3.8, 4) is 0 Å². The van der Waals surface area contributed by atoms with Crippen LogP contribution in [-0.4, -0.2) is 48.4 Å². The summed E-state index contributed by atoms with van der Waals surface area (Å²) in [5.41, 5.74) is 0. The fourth-order valence-electron chi connectivity index (χ4n) is 2.46. The molecule has 1 aliphatic carbocycles. The van der Waals surface area contributed by atoms with Crippen LogP contribution in [0.3, 0.4) is 0 Å². The maximum Gasteiger partial charge on any atom is 0.226 e. The average molecular weight is 222 g/mol. The summed E-state index contributed by atoms with van der Waals surface area (Å²) in [5.74, 6) is 1.36. The molecule has 0 aromatic rings. The van der Waals surface area contributed by atoms with Crippen LogP contribution in [0.1, 0.15) is 19.8 Å². The largest absolute Gasteiger partial charge is 0.341 e. The van der Waals surface area contributed by atoms with Gasteiger partial charge in [-0.15, -0.1) is 6.58 Å². The Morgan fingerprint density at radius 3 is 2.75 bits per heavy atom. The summed E-state index contributed by atoms with van der Waals surface area (Å²) in [4.78, 5) is 16.5. The lowest BCUT2D eigenvalue weighted by atomic mass is 10.3. The van der Waals surface area contributed by atoms with Gasteiger partial charge in [-0.1, -0.05) is 13.0 Å². The molecule has 2 rings (SSSR count). The van der Waals surface area contributed by atoms with Gasteiger partial charge in [0.05, 0.1) is 0 Å². The van der Waals surface area contributed by atoms with E-state index in [9.17, 15) is 4.79 Å². The van der Waals surface area contributed by atoms with Crippen molar-refractivity contribution < 1.29 is 4.79 Å². The lowest BCUT2D eigenvalue weighted by Gasteiger charge is -2.21. The molecule has 1 aliphatic heterocycles. The van der Waals surface area contributed by atoms with Crippen molar-refractivity contribution in [2.24, 2.45) is 11.8 Å². The van der Waals surface area contributed by atoms with Crippen molar-refractivity contribution in [1.29, 1.82) is 0 Å². The number of nitrogens with zero attached hydrogens (tertiary/aromatic N) is 2. The van der Waals surface area contributed by atoms with Gasteiger partial charge >= 0.3 is 0 Å². The first kappa shape index (κ1) is 11.6.